The number of likely N-dealkylation sites (tertiary alicyclic amines) is 1. The largest absolute Gasteiger partial charge is 0.358 e. The second-order valence-electron chi connectivity index (χ2n) is 9.79. The Morgan fingerprint density at radius 1 is 1.18 bits per heavy atom. The highest BCUT2D eigenvalue weighted by Gasteiger charge is 2.20. The zero-order valence-corrected chi connectivity index (χ0v) is 22.5. The molecule has 1 aliphatic rings. The monoisotopic (exact) mass is 546 g/mol. The van der Waals surface area contributed by atoms with Gasteiger partial charge in [-0.15, -0.1) is 0 Å². The number of nitrogens with one attached hydrogen (secondary N) is 4. The second-order valence-corrected chi connectivity index (χ2v) is 11.5. The Labute approximate surface area is 226 Å². The lowest BCUT2D eigenvalue weighted by atomic mass is 10.1. The fourth-order valence-corrected chi connectivity index (χ4v) is 5.87. The third kappa shape index (κ3) is 5.74. The highest BCUT2D eigenvalue weighted by molar-refractivity contribution is 7.92. The summed E-state index contributed by atoms with van der Waals surface area (Å²) in [6.07, 6.45) is 7.09. The van der Waals surface area contributed by atoms with Crippen molar-refractivity contribution in [1.82, 2.24) is 25.0 Å². The number of aromatic amines is 1. The van der Waals surface area contributed by atoms with Crippen molar-refractivity contribution in [2.24, 2.45) is 0 Å². The maximum Gasteiger partial charge on any atom is 0.319 e. The Balaban J connectivity index is 1.18. The number of piperidine rings is 1. The van der Waals surface area contributed by atoms with E-state index in [1.165, 1.54) is 12.1 Å². The number of nitriles is 1. The zero-order valence-electron chi connectivity index (χ0n) is 21.7. The van der Waals surface area contributed by atoms with Crippen LogP contribution in [0.15, 0.2) is 59.9 Å². The number of hydrogen-bond acceptors (Lipinski definition) is 6. The standard InChI is InChI=1S/C27H30N8O3S/c1-18-3-8-24(26-25(18)20(13-28)15-29-26)33-39(37,38)23-6-4-19(5-7-23)14-30-27(36)32-21-16-31-35(17-21)22-9-11-34(2)12-10-22/h3-8,15-17,22,29,33H,9-12,14H2,1-2H3,(H2,30,32,36). The maximum atomic E-state index is 13.0. The fourth-order valence-electron chi connectivity index (χ4n) is 4.80. The molecule has 0 spiro atoms. The molecule has 4 aromatic rings. The summed E-state index contributed by atoms with van der Waals surface area (Å²) in [5.41, 5.74) is 3.60. The first-order valence-corrected chi connectivity index (χ1v) is 14.1. The second kappa shape index (κ2) is 10.8. The van der Waals surface area contributed by atoms with Crippen LogP contribution in [0, 0.1) is 18.3 Å². The van der Waals surface area contributed by atoms with E-state index in [1.54, 1.807) is 36.7 Å². The van der Waals surface area contributed by atoms with E-state index in [4.69, 9.17) is 0 Å². The molecule has 1 fully saturated rings. The number of fused-ring (bicyclic) bond motifs is 1. The fraction of sp³-hybridized carbons (Fsp3) is 0.296. The van der Waals surface area contributed by atoms with Crippen molar-refractivity contribution >= 4 is 38.3 Å². The van der Waals surface area contributed by atoms with Crippen LogP contribution in [0.5, 0.6) is 0 Å². The van der Waals surface area contributed by atoms with Crippen LogP contribution in [0.4, 0.5) is 16.2 Å². The van der Waals surface area contributed by atoms with Gasteiger partial charge in [-0.25, -0.2) is 13.2 Å². The quantitative estimate of drug-likeness (QED) is 0.276. The number of amides is 2. The van der Waals surface area contributed by atoms with Crippen LogP contribution in [0.2, 0.25) is 0 Å². The molecule has 2 aromatic carbocycles. The van der Waals surface area contributed by atoms with Gasteiger partial charge in [-0.2, -0.15) is 10.4 Å². The highest BCUT2D eigenvalue weighted by atomic mass is 32.2. The van der Waals surface area contributed by atoms with Gasteiger partial charge in [-0.1, -0.05) is 18.2 Å². The molecule has 3 heterocycles. The molecule has 11 nitrogen and oxygen atoms in total. The Morgan fingerprint density at radius 3 is 2.64 bits per heavy atom. The van der Waals surface area contributed by atoms with Crippen LogP contribution in [0.25, 0.3) is 10.9 Å². The first-order valence-electron chi connectivity index (χ1n) is 12.6. The van der Waals surface area contributed by atoms with Crippen LogP contribution >= 0.6 is 0 Å². The summed E-state index contributed by atoms with van der Waals surface area (Å²) in [5, 5.41) is 20.0. The summed E-state index contributed by atoms with van der Waals surface area (Å²) in [5.74, 6) is 0. The predicted molar refractivity (Wildman–Crippen MR) is 149 cm³/mol. The molecule has 12 heteroatoms. The minimum Gasteiger partial charge on any atom is -0.358 e. The number of aryl methyl sites for hydroxylation is 1. The van der Waals surface area contributed by atoms with Crippen molar-refractivity contribution in [1.29, 1.82) is 5.26 Å². The van der Waals surface area contributed by atoms with Gasteiger partial charge in [-0.05, 0) is 69.2 Å². The van der Waals surface area contributed by atoms with Crippen LogP contribution in [0.1, 0.15) is 35.6 Å². The van der Waals surface area contributed by atoms with Gasteiger partial charge in [0.05, 0.1) is 39.6 Å². The topological polar surface area (TPSA) is 148 Å². The van der Waals surface area contributed by atoms with Crippen LogP contribution in [-0.4, -0.2) is 54.3 Å². The van der Waals surface area contributed by atoms with Crippen molar-refractivity contribution in [3.05, 3.63) is 71.7 Å². The summed E-state index contributed by atoms with van der Waals surface area (Å²) < 4.78 is 30.6. The van der Waals surface area contributed by atoms with Gasteiger partial charge in [-0.3, -0.25) is 9.40 Å². The first kappa shape index (κ1) is 26.3. The molecule has 202 valence electrons. The van der Waals surface area contributed by atoms with E-state index in [1.807, 2.05) is 17.8 Å². The number of anilines is 2. The molecular weight excluding hydrogens is 516 g/mol. The molecule has 2 aromatic heterocycles. The number of nitrogens with zero attached hydrogens (tertiary/aromatic N) is 4. The summed E-state index contributed by atoms with van der Waals surface area (Å²) in [6, 6.07) is 11.8. The van der Waals surface area contributed by atoms with Crippen molar-refractivity contribution < 1.29 is 13.2 Å². The van der Waals surface area contributed by atoms with Crippen LogP contribution in [-0.2, 0) is 16.6 Å². The van der Waals surface area contributed by atoms with Crippen LogP contribution < -0.4 is 15.4 Å². The summed E-state index contributed by atoms with van der Waals surface area (Å²) in [7, 11) is -1.77. The van der Waals surface area contributed by atoms with Gasteiger partial charge >= 0.3 is 6.03 Å². The molecule has 0 aliphatic carbocycles. The molecule has 5 rings (SSSR count). The number of hydrogen-bond donors (Lipinski definition) is 4. The predicted octanol–water partition coefficient (Wildman–Crippen LogP) is 3.93. The summed E-state index contributed by atoms with van der Waals surface area (Å²) in [4.78, 5) is 17.8. The van der Waals surface area contributed by atoms with Crippen molar-refractivity contribution in [2.75, 3.05) is 30.2 Å². The first-order chi connectivity index (χ1) is 18.7. The number of benzene rings is 2. The number of urea groups is 1. The molecular formula is C27H30N8O3S. The van der Waals surface area contributed by atoms with E-state index in [9.17, 15) is 18.5 Å². The molecule has 0 radical (unpaired) electrons. The Hall–Kier alpha value is -4.34. The van der Waals surface area contributed by atoms with Gasteiger partial charge in [0.15, 0.2) is 0 Å². The molecule has 0 unspecified atom stereocenters. The van der Waals surface area contributed by atoms with Gasteiger partial charge in [0.1, 0.15) is 6.07 Å². The zero-order chi connectivity index (χ0) is 27.6. The van der Waals surface area contributed by atoms with Crippen molar-refractivity contribution in [3.8, 4) is 6.07 Å². The number of H-pyrrole nitrogens is 1. The van der Waals surface area contributed by atoms with E-state index in [0.717, 1.165) is 37.1 Å². The van der Waals surface area contributed by atoms with Crippen molar-refractivity contribution in [3.63, 3.8) is 0 Å². The Bertz CT molecular complexity index is 1640. The summed E-state index contributed by atoms with van der Waals surface area (Å²) in [6.45, 7) is 4.14. The van der Waals surface area contributed by atoms with Gasteiger partial charge in [0.2, 0.25) is 0 Å². The lowest BCUT2D eigenvalue weighted by molar-refractivity contribution is 0.212. The van der Waals surface area contributed by atoms with E-state index in [-0.39, 0.29) is 17.5 Å². The Kier molecular flexibility index (Phi) is 7.28. The van der Waals surface area contributed by atoms with Crippen molar-refractivity contribution in [2.45, 2.75) is 37.2 Å². The number of carbonyl (C=O) groups excluding carboxylic acids is 1. The lowest BCUT2D eigenvalue weighted by Crippen LogP contribution is -2.31. The SMILES string of the molecule is Cc1ccc(NS(=O)(=O)c2ccc(CNC(=O)Nc3cnn(C4CCN(C)CC4)c3)cc2)c2[nH]cc(C#N)c12. The minimum absolute atomic E-state index is 0.0813. The number of carbonyl (C=O) groups is 1. The molecule has 0 saturated carbocycles. The summed E-state index contributed by atoms with van der Waals surface area (Å²) >= 11 is 0. The van der Waals surface area contributed by atoms with E-state index in [2.05, 4.69) is 43.5 Å². The minimum atomic E-state index is -3.88. The van der Waals surface area contributed by atoms with Gasteiger partial charge in [0, 0.05) is 24.3 Å². The van der Waals surface area contributed by atoms with Gasteiger partial charge in [0.25, 0.3) is 10.0 Å². The molecule has 0 bridgehead atoms. The van der Waals surface area contributed by atoms with Gasteiger partial charge < -0.3 is 20.5 Å². The third-order valence-corrected chi connectivity index (χ3v) is 8.40. The number of aromatic nitrogens is 3. The van der Waals surface area contributed by atoms with Crippen LogP contribution in [0.3, 0.4) is 0 Å². The number of rotatable bonds is 7. The average Bonchev–Trinajstić information content (AvgIpc) is 3.58. The normalized spacial score (nSPS) is 14.7. The van der Waals surface area contributed by atoms with E-state index < -0.39 is 10.0 Å². The smallest absolute Gasteiger partial charge is 0.319 e. The van der Waals surface area contributed by atoms with E-state index >= 15 is 0 Å². The molecule has 2 amide bonds. The molecule has 1 saturated heterocycles. The average molecular weight is 547 g/mol. The lowest BCUT2D eigenvalue weighted by Gasteiger charge is -2.28. The highest BCUT2D eigenvalue weighted by Crippen LogP contribution is 2.30. The van der Waals surface area contributed by atoms with E-state index in [0.29, 0.717) is 33.9 Å². The molecule has 39 heavy (non-hydrogen) atoms. The molecule has 4 N–H and O–H groups in total. The molecule has 0 atom stereocenters. The molecule has 1 aliphatic heterocycles. The Morgan fingerprint density at radius 2 is 1.92 bits per heavy atom. The third-order valence-electron chi connectivity index (χ3n) is 7.02. The number of sulfonamides is 1. The maximum absolute atomic E-state index is 13.0.